The number of rotatable bonds is 7. The predicted octanol–water partition coefficient (Wildman–Crippen LogP) is 3.49. The van der Waals surface area contributed by atoms with Crippen LogP contribution >= 0.6 is 0 Å². The van der Waals surface area contributed by atoms with Crippen LogP contribution in [-0.4, -0.2) is 30.3 Å². The van der Waals surface area contributed by atoms with Gasteiger partial charge in [0.15, 0.2) is 0 Å². The molecule has 0 aliphatic heterocycles. The molecule has 1 aliphatic carbocycles. The Morgan fingerprint density at radius 1 is 1.23 bits per heavy atom. The third-order valence-corrected chi connectivity index (χ3v) is 4.88. The van der Waals surface area contributed by atoms with Gasteiger partial charge in [-0.1, -0.05) is 30.3 Å². The second kappa shape index (κ2) is 8.04. The second-order valence-electron chi connectivity index (χ2n) is 6.51. The maximum absolute atomic E-state index is 12.2. The summed E-state index contributed by atoms with van der Waals surface area (Å²) in [5.74, 6) is 0.344. The van der Waals surface area contributed by atoms with Gasteiger partial charge in [0.25, 0.3) is 0 Å². The van der Waals surface area contributed by atoms with Crippen molar-refractivity contribution in [3.05, 3.63) is 59.7 Å². The summed E-state index contributed by atoms with van der Waals surface area (Å²) in [7, 11) is 0. The molecule has 0 radical (unpaired) electrons. The molecule has 0 aromatic heterocycles. The van der Waals surface area contributed by atoms with Gasteiger partial charge in [-0.15, -0.1) is 0 Å². The Bertz CT molecular complexity index is 785. The molecule has 3 rings (SSSR count). The molecule has 0 unspecified atom stereocenters. The third kappa shape index (κ3) is 4.04. The van der Waals surface area contributed by atoms with Crippen LogP contribution in [0.5, 0.6) is 5.75 Å². The van der Waals surface area contributed by atoms with Gasteiger partial charge in [0.05, 0.1) is 6.21 Å². The number of hydrogen-bond acceptors (Lipinski definition) is 4. The molecular weight excluding hydrogens is 326 g/mol. The highest BCUT2D eigenvalue weighted by Gasteiger charge is 2.43. The van der Waals surface area contributed by atoms with Crippen molar-refractivity contribution >= 4 is 17.8 Å². The monoisotopic (exact) mass is 351 g/mol. The van der Waals surface area contributed by atoms with Crippen LogP contribution in [0.15, 0.2) is 53.6 Å². The molecule has 0 saturated heterocycles. The molecule has 2 aromatic carbocycles. The molecule has 2 N–H and O–H groups in total. The molecule has 26 heavy (non-hydrogen) atoms. The van der Waals surface area contributed by atoms with E-state index in [1.165, 1.54) is 11.8 Å². The van der Waals surface area contributed by atoms with Gasteiger partial charge in [-0.25, -0.2) is 5.43 Å². The summed E-state index contributed by atoms with van der Waals surface area (Å²) in [6.07, 6.45) is 2.34. The molecule has 0 bridgehead atoms. The number of phenols is 1. The third-order valence-electron chi connectivity index (χ3n) is 4.88. The fourth-order valence-corrected chi connectivity index (χ4v) is 3.23. The first-order valence-electron chi connectivity index (χ1n) is 9.09. The van der Waals surface area contributed by atoms with Crippen molar-refractivity contribution in [3.8, 4) is 5.75 Å². The number of phenolic OH excluding ortho intramolecular Hbond substituents is 1. The molecule has 2 atom stereocenters. The van der Waals surface area contributed by atoms with Crippen LogP contribution in [0, 0.1) is 5.92 Å². The van der Waals surface area contributed by atoms with E-state index in [1.54, 1.807) is 6.07 Å². The second-order valence-corrected chi connectivity index (χ2v) is 6.51. The number of carbonyl (C=O) groups is 1. The van der Waals surface area contributed by atoms with Crippen molar-refractivity contribution in [2.24, 2.45) is 11.0 Å². The number of anilines is 1. The zero-order valence-corrected chi connectivity index (χ0v) is 15.2. The standard InChI is InChI=1S/C21H25N3O2/c1-3-24(4-2)17-11-10-16(20(25)12-17)14-22-23-21(26)19-13-18(19)15-8-6-5-7-9-15/h5-12,14,18-19,25H,3-4,13H2,1-2H3,(H,23,26)/t18-,19+/m1/s1. The molecule has 2 aromatic rings. The van der Waals surface area contributed by atoms with E-state index in [0.717, 1.165) is 25.2 Å². The number of carbonyl (C=O) groups excluding carboxylic acids is 1. The molecule has 5 nitrogen and oxygen atoms in total. The van der Waals surface area contributed by atoms with Gasteiger partial charge >= 0.3 is 0 Å². The first-order chi connectivity index (χ1) is 12.6. The van der Waals surface area contributed by atoms with Crippen molar-refractivity contribution in [3.63, 3.8) is 0 Å². The molecule has 136 valence electrons. The number of amides is 1. The predicted molar refractivity (Wildman–Crippen MR) is 105 cm³/mol. The Kier molecular flexibility index (Phi) is 5.56. The maximum Gasteiger partial charge on any atom is 0.243 e. The summed E-state index contributed by atoms with van der Waals surface area (Å²) < 4.78 is 0. The van der Waals surface area contributed by atoms with Crippen molar-refractivity contribution in [1.82, 2.24) is 5.43 Å². The smallest absolute Gasteiger partial charge is 0.243 e. The van der Waals surface area contributed by atoms with Gasteiger partial charge in [0.1, 0.15) is 5.75 Å². The lowest BCUT2D eigenvalue weighted by molar-refractivity contribution is -0.122. The van der Waals surface area contributed by atoms with E-state index in [0.29, 0.717) is 5.56 Å². The SMILES string of the molecule is CCN(CC)c1ccc(C=NNC(=O)[C@H]2C[C@@H]2c2ccccc2)c(O)c1. The van der Waals surface area contributed by atoms with Crippen LogP contribution in [0.3, 0.4) is 0 Å². The lowest BCUT2D eigenvalue weighted by atomic mass is 10.1. The number of nitrogens with zero attached hydrogens (tertiary/aromatic N) is 2. The molecule has 0 spiro atoms. The lowest BCUT2D eigenvalue weighted by Crippen LogP contribution is -2.21. The van der Waals surface area contributed by atoms with Crippen molar-refractivity contribution in [2.45, 2.75) is 26.2 Å². The van der Waals surface area contributed by atoms with Crippen LogP contribution < -0.4 is 10.3 Å². The first kappa shape index (κ1) is 18.0. The highest BCUT2D eigenvalue weighted by Crippen LogP contribution is 2.47. The molecule has 1 amide bonds. The Hall–Kier alpha value is -2.82. The van der Waals surface area contributed by atoms with Crippen LogP contribution in [-0.2, 0) is 4.79 Å². The Morgan fingerprint density at radius 2 is 1.96 bits per heavy atom. The summed E-state index contributed by atoms with van der Waals surface area (Å²) in [4.78, 5) is 14.3. The van der Waals surface area contributed by atoms with Crippen LogP contribution in [0.25, 0.3) is 0 Å². The van der Waals surface area contributed by atoms with E-state index >= 15 is 0 Å². The summed E-state index contributed by atoms with van der Waals surface area (Å²) in [6, 6.07) is 15.5. The highest BCUT2D eigenvalue weighted by atomic mass is 16.3. The number of hydrazone groups is 1. The Balaban J connectivity index is 1.56. The molecule has 1 fully saturated rings. The summed E-state index contributed by atoms with van der Waals surface area (Å²) in [6.45, 7) is 5.91. The molecular formula is C21H25N3O2. The number of benzene rings is 2. The van der Waals surface area contributed by atoms with E-state index in [2.05, 4.69) is 41.4 Å². The normalized spacial score (nSPS) is 18.7. The van der Waals surface area contributed by atoms with Gasteiger partial charge in [0.2, 0.25) is 5.91 Å². The zero-order chi connectivity index (χ0) is 18.5. The minimum atomic E-state index is -0.0747. The quantitative estimate of drug-likeness (QED) is 0.593. The molecule has 5 heteroatoms. The fraction of sp³-hybridized carbons (Fsp3) is 0.333. The highest BCUT2D eigenvalue weighted by molar-refractivity contribution is 5.87. The minimum absolute atomic E-state index is 0.0202. The number of nitrogens with one attached hydrogen (secondary N) is 1. The van der Waals surface area contributed by atoms with Crippen molar-refractivity contribution in [1.29, 1.82) is 0 Å². The van der Waals surface area contributed by atoms with Gasteiger partial charge in [-0.3, -0.25) is 4.79 Å². The van der Waals surface area contributed by atoms with E-state index < -0.39 is 0 Å². The molecule has 0 heterocycles. The van der Waals surface area contributed by atoms with Gasteiger partial charge in [-0.2, -0.15) is 5.10 Å². The number of aromatic hydroxyl groups is 1. The largest absolute Gasteiger partial charge is 0.507 e. The summed E-state index contributed by atoms with van der Waals surface area (Å²) in [5.41, 5.74) is 5.33. The number of hydrogen-bond donors (Lipinski definition) is 2. The van der Waals surface area contributed by atoms with Gasteiger partial charge < -0.3 is 10.0 Å². The molecule has 1 aliphatic rings. The van der Waals surface area contributed by atoms with Crippen molar-refractivity contribution in [2.75, 3.05) is 18.0 Å². The topological polar surface area (TPSA) is 64.9 Å². The van der Waals surface area contributed by atoms with Gasteiger partial charge in [-0.05, 0) is 43.9 Å². The van der Waals surface area contributed by atoms with E-state index in [1.807, 2.05) is 30.3 Å². The van der Waals surface area contributed by atoms with Crippen LogP contribution in [0.4, 0.5) is 5.69 Å². The summed E-state index contributed by atoms with van der Waals surface area (Å²) in [5, 5.41) is 14.2. The van der Waals surface area contributed by atoms with E-state index in [-0.39, 0.29) is 23.5 Å². The first-order valence-corrected chi connectivity index (χ1v) is 9.09. The Labute approximate surface area is 154 Å². The maximum atomic E-state index is 12.2. The minimum Gasteiger partial charge on any atom is -0.507 e. The van der Waals surface area contributed by atoms with E-state index in [9.17, 15) is 9.90 Å². The van der Waals surface area contributed by atoms with Crippen molar-refractivity contribution < 1.29 is 9.90 Å². The van der Waals surface area contributed by atoms with Crippen LogP contribution in [0.1, 0.15) is 37.3 Å². The zero-order valence-electron chi connectivity index (χ0n) is 15.2. The summed E-state index contributed by atoms with van der Waals surface area (Å²) >= 11 is 0. The fourth-order valence-electron chi connectivity index (χ4n) is 3.23. The average molecular weight is 351 g/mol. The van der Waals surface area contributed by atoms with Gasteiger partial charge in [0, 0.05) is 36.3 Å². The Morgan fingerprint density at radius 3 is 2.62 bits per heavy atom. The average Bonchev–Trinajstić information content (AvgIpc) is 3.46. The van der Waals surface area contributed by atoms with Crippen LogP contribution in [0.2, 0.25) is 0 Å². The van der Waals surface area contributed by atoms with E-state index in [4.69, 9.17) is 0 Å². The lowest BCUT2D eigenvalue weighted by Gasteiger charge is -2.21. The molecule has 1 saturated carbocycles.